The van der Waals surface area contributed by atoms with Gasteiger partial charge in [0.05, 0.1) is 11.8 Å². The van der Waals surface area contributed by atoms with E-state index < -0.39 is 47.1 Å². The van der Waals surface area contributed by atoms with Crippen molar-refractivity contribution < 1.29 is 33.1 Å². The maximum Gasteiger partial charge on any atom is 0.327 e. The van der Waals surface area contributed by atoms with E-state index in [9.17, 15) is 28.7 Å². The Morgan fingerprint density at radius 1 is 0.962 bits per heavy atom. The van der Waals surface area contributed by atoms with Crippen LogP contribution in [0.25, 0.3) is 11.1 Å². The maximum absolute atomic E-state index is 15.1. The summed E-state index contributed by atoms with van der Waals surface area (Å²) in [5.41, 5.74) is 7.64. The van der Waals surface area contributed by atoms with Gasteiger partial charge in [-0.1, -0.05) is 83.7 Å². The van der Waals surface area contributed by atoms with E-state index in [1.807, 2.05) is 55.7 Å². The fourth-order valence-corrected chi connectivity index (χ4v) is 7.27. The van der Waals surface area contributed by atoms with Gasteiger partial charge in [-0.25, -0.2) is 13.6 Å². The second-order valence-electron chi connectivity index (χ2n) is 14.4. The second kappa shape index (κ2) is 20.9. The number of rotatable bonds is 21. The molecular formula is C40H55F2N5O5S. The third-order valence-corrected chi connectivity index (χ3v) is 9.89. The number of carbonyl (C=O) groups excluding carboxylic acids is 3. The molecular weight excluding hydrogens is 701 g/mol. The molecule has 290 valence electrons. The Morgan fingerprint density at radius 2 is 1.68 bits per heavy atom. The van der Waals surface area contributed by atoms with Crippen molar-refractivity contribution in [3.05, 3.63) is 83.7 Å². The van der Waals surface area contributed by atoms with Crippen LogP contribution in [0.1, 0.15) is 90.4 Å². The van der Waals surface area contributed by atoms with Crippen molar-refractivity contribution in [1.29, 1.82) is 0 Å². The van der Waals surface area contributed by atoms with Crippen LogP contribution in [0.15, 0.2) is 60.8 Å². The maximum atomic E-state index is 15.1. The Morgan fingerprint density at radius 3 is 2.30 bits per heavy atom. The van der Waals surface area contributed by atoms with E-state index in [1.54, 1.807) is 17.2 Å². The van der Waals surface area contributed by atoms with Crippen LogP contribution >= 0.6 is 11.8 Å². The highest BCUT2D eigenvalue weighted by molar-refractivity contribution is 8.00. The first-order chi connectivity index (χ1) is 25.2. The number of hydrogen-bond donors (Lipinski definition) is 4. The number of benzene rings is 2. The molecule has 0 saturated heterocycles. The number of carboxylic acid groups (broad SMARTS) is 1. The lowest BCUT2D eigenvalue weighted by Crippen LogP contribution is -2.52. The Balaban J connectivity index is 1.91. The average Bonchev–Trinajstić information content (AvgIpc) is 3.50. The monoisotopic (exact) mass is 755 g/mol. The van der Waals surface area contributed by atoms with Crippen molar-refractivity contribution in [2.75, 3.05) is 24.6 Å². The van der Waals surface area contributed by atoms with Gasteiger partial charge in [0.15, 0.2) is 0 Å². The van der Waals surface area contributed by atoms with E-state index in [0.29, 0.717) is 50.2 Å². The number of amides is 3. The van der Waals surface area contributed by atoms with E-state index in [1.165, 1.54) is 6.92 Å². The van der Waals surface area contributed by atoms with Gasteiger partial charge in [-0.05, 0) is 54.6 Å². The number of nitrogens with one attached hydrogen (secondary N) is 2. The van der Waals surface area contributed by atoms with E-state index in [4.69, 9.17) is 5.73 Å². The molecule has 0 aliphatic carbocycles. The number of aliphatic carboxylic acids is 1. The third kappa shape index (κ3) is 13.3. The molecule has 53 heavy (non-hydrogen) atoms. The summed E-state index contributed by atoms with van der Waals surface area (Å²) in [7, 11) is 0. The van der Waals surface area contributed by atoms with Crippen LogP contribution in [-0.2, 0) is 25.7 Å². The lowest BCUT2D eigenvalue weighted by Gasteiger charge is -2.41. The minimum absolute atomic E-state index is 0.0896. The fourth-order valence-electron chi connectivity index (χ4n) is 6.35. The van der Waals surface area contributed by atoms with Gasteiger partial charge in [0, 0.05) is 48.8 Å². The van der Waals surface area contributed by atoms with Crippen molar-refractivity contribution in [2.45, 2.75) is 97.8 Å². The normalized spacial score (nSPS) is 13.2. The Hall–Kier alpha value is -4.23. The predicted octanol–water partition coefficient (Wildman–Crippen LogP) is 6.52. The van der Waals surface area contributed by atoms with Crippen LogP contribution in [-0.4, -0.2) is 74.9 Å². The van der Waals surface area contributed by atoms with Crippen LogP contribution in [0.2, 0.25) is 0 Å². The average molecular weight is 756 g/mol. The molecule has 1 heterocycles. The van der Waals surface area contributed by atoms with Gasteiger partial charge in [0.25, 0.3) is 0 Å². The topological polar surface area (TPSA) is 147 Å². The molecule has 3 rings (SSSR count). The first-order valence-corrected chi connectivity index (χ1v) is 19.4. The number of hydrogen-bond acceptors (Lipinski definition) is 6. The van der Waals surface area contributed by atoms with Crippen molar-refractivity contribution in [2.24, 2.45) is 11.1 Å². The predicted molar refractivity (Wildman–Crippen MR) is 206 cm³/mol. The van der Waals surface area contributed by atoms with Gasteiger partial charge in [0.1, 0.15) is 23.7 Å². The molecule has 0 saturated carbocycles. The minimum atomic E-state index is -1.30. The van der Waals surface area contributed by atoms with Crippen LogP contribution in [0.3, 0.4) is 0 Å². The van der Waals surface area contributed by atoms with Gasteiger partial charge in [-0.15, -0.1) is 11.8 Å². The summed E-state index contributed by atoms with van der Waals surface area (Å²) in [6.45, 7) is 10.4. The molecule has 0 fully saturated rings. The summed E-state index contributed by atoms with van der Waals surface area (Å²) >= 11 is 1.08. The molecule has 0 unspecified atom stereocenters. The first kappa shape index (κ1) is 43.2. The largest absolute Gasteiger partial charge is 0.480 e. The van der Waals surface area contributed by atoms with E-state index in [-0.39, 0.29) is 28.9 Å². The standard InChI is InChI=1S/C40H55F2N5O5S/c1-6-7-8-12-16-33(44-27(2)48)38(50)45-34(39(51)52)25-53-26-36(49)47(20-13-19-43)37(40(3,4)5)35-21-29(31-22-30(41)17-18-32(31)42)24-46(35)23-28-14-10-9-11-15-28/h9-11,14-15,17-18,21-22,24,33-34,37H,6-8,12-13,16,19-20,23,25-26,43H2,1-5H3,(H,44,48)(H,45,50)(H,51,52)/t33-,34-,37-/m0/s1. The molecule has 10 nitrogen and oxygen atoms in total. The smallest absolute Gasteiger partial charge is 0.327 e. The first-order valence-electron chi connectivity index (χ1n) is 18.2. The van der Waals surface area contributed by atoms with Crippen LogP contribution < -0.4 is 16.4 Å². The Kier molecular flexibility index (Phi) is 17.0. The molecule has 3 aromatic rings. The highest BCUT2D eigenvalue weighted by atomic mass is 32.2. The molecule has 0 aliphatic rings. The van der Waals surface area contributed by atoms with Crippen molar-refractivity contribution in [1.82, 2.24) is 20.1 Å². The highest BCUT2D eigenvalue weighted by Crippen LogP contribution is 2.41. The lowest BCUT2D eigenvalue weighted by atomic mass is 9.83. The van der Waals surface area contributed by atoms with Gasteiger partial charge in [0.2, 0.25) is 17.7 Å². The second-order valence-corrected chi connectivity index (χ2v) is 15.4. The van der Waals surface area contributed by atoms with Gasteiger partial charge >= 0.3 is 5.97 Å². The zero-order valence-electron chi connectivity index (χ0n) is 31.5. The number of carboxylic acids is 1. The Labute approximate surface area is 316 Å². The minimum Gasteiger partial charge on any atom is -0.480 e. The quantitative estimate of drug-likeness (QED) is 0.0906. The van der Waals surface area contributed by atoms with Crippen molar-refractivity contribution in [3.8, 4) is 11.1 Å². The molecule has 3 atom stereocenters. The van der Waals surface area contributed by atoms with Crippen LogP contribution in [0.4, 0.5) is 8.78 Å². The van der Waals surface area contributed by atoms with Crippen LogP contribution in [0, 0.1) is 17.0 Å². The molecule has 0 bridgehead atoms. The SMILES string of the molecule is CCCCCC[C@H](NC(C)=O)C(=O)N[C@@H](CSCC(=O)N(CCCN)[C@@H](c1cc(-c2cc(F)ccc2F)cn1Cc1ccccc1)C(C)(C)C)C(=O)O. The number of carbonyl (C=O) groups is 4. The molecule has 3 amide bonds. The summed E-state index contributed by atoms with van der Waals surface area (Å²) in [6.07, 6.45) is 6.23. The zero-order chi connectivity index (χ0) is 39.1. The van der Waals surface area contributed by atoms with E-state index in [2.05, 4.69) is 17.6 Å². The summed E-state index contributed by atoms with van der Waals surface area (Å²) in [4.78, 5) is 53.1. The van der Waals surface area contributed by atoms with Gasteiger partial charge in [-0.2, -0.15) is 0 Å². The summed E-state index contributed by atoms with van der Waals surface area (Å²) in [5, 5.41) is 15.2. The molecule has 0 spiro atoms. The molecule has 0 radical (unpaired) electrons. The van der Waals surface area contributed by atoms with Gasteiger partial charge < -0.3 is 30.9 Å². The molecule has 0 aliphatic heterocycles. The molecule has 5 N–H and O–H groups in total. The summed E-state index contributed by atoms with van der Waals surface area (Å²) in [6, 6.07) is 12.1. The zero-order valence-corrected chi connectivity index (χ0v) is 32.3. The number of unbranched alkanes of at least 4 members (excludes halogenated alkanes) is 3. The fraction of sp³-hybridized carbons (Fsp3) is 0.500. The molecule has 13 heteroatoms. The van der Waals surface area contributed by atoms with E-state index in [0.717, 1.165) is 54.8 Å². The van der Waals surface area contributed by atoms with Crippen molar-refractivity contribution >= 4 is 35.5 Å². The highest BCUT2D eigenvalue weighted by Gasteiger charge is 2.37. The third-order valence-electron chi connectivity index (χ3n) is 8.87. The van der Waals surface area contributed by atoms with Crippen LogP contribution in [0.5, 0.6) is 0 Å². The number of thioether (sulfide) groups is 1. The lowest BCUT2D eigenvalue weighted by molar-refractivity contribution is -0.141. The number of nitrogens with two attached hydrogens (primary N) is 1. The number of halogens is 2. The van der Waals surface area contributed by atoms with E-state index >= 15 is 4.39 Å². The van der Waals surface area contributed by atoms with Crippen molar-refractivity contribution in [3.63, 3.8) is 0 Å². The van der Waals surface area contributed by atoms with Gasteiger partial charge in [-0.3, -0.25) is 14.4 Å². The summed E-state index contributed by atoms with van der Waals surface area (Å²) < 4.78 is 31.4. The number of nitrogens with zero attached hydrogens (tertiary/aromatic N) is 2. The summed E-state index contributed by atoms with van der Waals surface area (Å²) in [5.74, 6) is -3.82. The number of aromatic nitrogens is 1. The molecule has 2 aromatic carbocycles. The Bertz CT molecular complexity index is 1660. The molecule has 1 aromatic heterocycles.